The van der Waals surface area contributed by atoms with E-state index in [9.17, 15) is 14.7 Å². The topological polar surface area (TPSA) is 93.6 Å². The van der Waals surface area contributed by atoms with Gasteiger partial charge in [0.25, 0.3) is 5.91 Å². The molecule has 0 radical (unpaired) electrons. The van der Waals surface area contributed by atoms with Crippen LogP contribution in [0.1, 0.15) is 15.9 Å². The van der Waals surface area contributed by atoms with Gasteiger partial charge in [-0.15, -0.1) is 0 Å². The van der Waals surface area contributed by atoms with Crippen molar-refractivity contribution in [3.8, 4) is 0 Å². The molecule has 0 aliphatic carbocycles. The van der Waals surface area contributed by atoms with Crippen LogP contribution in [0.3, 0.4) is 0 Å². The molecule has 1 amide bonds. The van der Waals surface area contributed by atoms with E-state index in [0.717, 1.165) is 16.5 Å². The molecule has 0 spiro atoms. The van der Waals surface area contributed by atoms with Crippen LogP contribution in [0, 0.1) is 0 Å². The zero-order valence-electron chi connectivity index (χ0n) is 13.8. The van der Waals surface area contributed by atoms with Gasteiger partial charge in [0.1, 0.15) is 0 Å². The second-order valence-electron chi connectivity index (χ2n) is 5.62. The average Bonchev–Trinajstić information content (AvgIpc) is 2.66. The number of nitrogens with one attached hydrogen (secondary N) is 2. The molecule has 2 N–H and O–H groups in total. The lowest BCUT2D eigenvalue weighted by Crippen LogP contribution is -2.25. The second kappa shape index (κ2) is 7.94. The molecule has 3 rings (SSSR count). The SMILES string of the molecule is O=C(CNc1ccc2ccccc2c1)N/N=C\c1ccc(C(=O)[O-])cc1. The highest BCUT2D eigenvalue weighted by atomic mass is 16.4. The van der Waals surface area contributed by atoms with Crippen LogP contribution in [0.25, 0.3) is 10.8 Å². The Bertz CT molecular complexity index is 965. The molecule has 0 saturated carbocycles. The summed E-state index contributed by atoms with van der Waals surface area (Å²) in [5.41, 5.74) is 4.02. The molecule has 3 aromatic rings. The molecule has 26 heavy (non-hydrogen) atoms. The number of hydrogen-bond donors (Lipinski definition) is 2. The van der Waals surface area contributed by atoms with E-state index in [0.29, 0.717) is 5.56 Å². The van der Waals surface area contributed by atoms with Crippen molar-refractivity contribution in [2.45, 2.75) is 0 Å². The van der Waals surface area contributed by atoms with Crippen LogP contribution in [0.5, 0.6) is 0 Å². The van der Waals surface area contributed by atoms with Crippen LogP contribution < -0.4 is 15.8 Å². The maximum absolute atomic E-state index is 11.8. The molecule has 0 atom stereocenters. The third kappa shape index (κ3) is 4.45. The summed E-state index contributed by atoms with van der Waals surface area (Å²) in [6.07, 6.45) is 1.44. The van der Waals surface area contributed by atoms with Crippen molar-refractivity contribution in [2.24, 2.45) is 5.10 Å². The molecule has 6 heteroatoms. The maximum atomic E-state index is 11.8. The Morgan fingerprint density at radius 2 is 1.69 bits per heavy atom. The Labute approximate surface area is 150 Å². The molecular formula is C20H16N3O3-. The van der Waals surface area contributed by atoms with Gasteiger partial charge in [0.05, 0.1) is 18.7 Å². The zero-order chi connectivity index (χ0) is 18.4. The van der Waals surface area contributed by atoms with E-state index in [2.05, 4.69) is 15.8 Å². The van der Waals surface area contributed by atoms with Crippen LogP contribution in [0.15, 0.2) is 71.8 Å². The van der Waals surface area contributed by atoms with Crippen molar-refractivity contribution in [3.05, 3.63) is 77.9 Å². The standard InChI is InChI=1S/C20H17N3O3/c24-19(23-22-12-14-5-7-16(8-6-14)20(25)26)13-21-18-10-9-15-3-1-2-4-17(15)11-18/h1-12,21H,13H2,(H,23,24)(H,25,26)/p-1/b22-12-. The minimum atomic E-state index is -1.23. The minimum Gasteiger partial charge on any atom is -0.545 e. The molecular weight excluding hydrogens is 330 g/mol. The van der Waals surface area contributed by atoms with Gasteiger partial charge in [0.2, 0.25) is 0 Å². The summed E-state index contributed by atoms with van der Waals surface area (Å²) in [5.74, 6) is -1.53. The van der Waals surface area contributed by atoms with Crippen molar-refractivity contribution in [3.63, 3.8) is 0 Å². The number of rotatable bonds is 6. The van der Waals surface area contributed by atoms with Gasteiger partial charge >= 0.3 is 0 Å². The van der Waals surface area contributed by atoms with Gasteiger partial charge in [-0.2, -0.15) is 5.10 Å². The van der Waals surface area contributed by atoms with E-state index >= 15 is 0 Å². The van der Waals surface area contributed by atoms with E-state index in [-0.39, 0.29) is 18.0 Å². The van der Waals surface area contributed by atoms with Crippen molar-refractivity contribution in [2.75, 3.05) is 11.9 Å². The van der Waals surface area contributed by atoms with Crippen LogP contribution in [-0.2, 0) is 4.79 Å². The van der Waals surface area contributed by atoms with Gasteiger partial charge in [-0.1, -0.05) is 54.6 Å². The fourth-order valence-corrected chi connectivity index (χ4v) is 2.41. The van der Waals surface area contributed by atoms with E-state index in [1.165, 1.54) is 18.3 Å². The third-order valence-corrected chi connectivity index (χ3v) is 3.75. The van der Waals surface area contributed by atoms with Crippen molar-refractivity contribution >= 4 is 34.6 Å². The monoisotopic (exact) mass is 346 g/mol. The highest BCUT2D eigenvalue weighted by Crippen LogP contribution is 2.18. The molecule has 0 saturated heterocycles. The normalized spacial score (nSPS) is 10.8. The summed E-state index contributed by atoms with van der Waals surface area (Å²) in [6.45, 7) is 0.0826. The number of nitrogens with zero attached hydrogens (tertiary/aromatic N) is 1. The number of carboxylic acid groups (broad SMARTS) is 1. The summed E-state index contributed by atoms with van der Waals surface area (Å²) in [6, 6.07) is 19.9. The number of benzene rings is 3. The number of hydrogen-bond acceptors (Lipinski definition) is 5. The molecule has 0 aliphatic heterocycles. The number of amides is 1. The molecule has 3 aromatic carbocycles. The van der Waals surface area contributed by atoms with Gasteiger partial charge in [-0.05, 0) is 34.0 Å². The van der Waals surface area contributed by atoms with Gasteiger partial charge < -0.3 is 15.2 Å². The molecule has 130 valence electrons. The summed E-state index contributed by atoms with van der Waals surface area (Å²) in [5, 5.41) is 19.8. The highest BCUT2D eigenvalue weighted by molar-refractivity contribution is 5.89. The van der Waals surface area contributed by atoms with E-state index in [4.69, 9.17) is 0 Å². The average molecular weight is 346 g/mol. The lowest BCUT2D eigenvalue weighted by molar-refractivity contribution is -0.255. The molecule has 0 heterocycles. The van der Waals surface area contributed by atoms with E-state index in [1.807, 2.05) is 42.5 Å². The Hall–Kier alpha value is -3.67. The number of carbonyl (C=O) groups excluding carboxylic acids is 2. The largest absolute Gasteiger partial charge is 0.545 e. The van der Waals surface area contributed by atoms with Gasteiger partial charge in [0.15, 0.2) is 0 Å². The Morgan fingerprint density at radius 3 is 2.42 bits per heavy atom. The first-order valence-corrected chi connectivity index (χ1v) is 7.98. The smallest absolute Gasteiger partial charge is 0.259 e. The highest BCUT2D eigenvalue weighted by Gasteiger charge is 2.01. The van der Waals surface area contributed by atoms with Gasteiger partial charge in [-0.25, -0.2) is 5.43 Å². The van der Waals surface area contributed by atoms with Crippen molar-refractivity contribution < 1.29 is 14.7 Å². The minimum absolute atomic E-state index is 0.0826. The lowest BCUT2D eigenvalue weighted by Gasteiger charge is -2.06. The fraction of sp³-hybridized carbons (Fsp3) is 0.0500. The molecule has 0 unspecified atom stereocenters. The molecule has 0 aliphatic rings. The number of anilines is 1. The molecule has 0 fully saturated rings. The number of carboxylic acids is 1. The Kier molecular flexibility index (Phi) is 5.24. The zero-order valence-corrected chi connectivity index (χ0v) is 13.8. The summed E-state index contributed by atoms with van der Waals surface area (Å²) >= 11 is 0. The van der Waals surface area contributed by atoms with E-state index < -0.39 is 5.97 Å². The van der Waals surface area contributed by atoms with Crippen LogP contribution in [0.2, 0.25) is 0 Å². The summed E-state index contributed by atoms with van der Waals surface area (Å²) in [7, 11) is 0. The van der Waals surface area contributed by atoms with Crippen LogP contribution in [-0.4, -0.2) is 24.6 Å². The number of carbonyl (C=O) groups is 2. The summed E-state index contributed by atoms with van der Waals surface area (Å²) in [4.78, 5) is 22.5. The molecule has 0 bridgehead atoms. The van der Waals surface area contributed by atoms with Gasteiger partial charge in [-0.3, -0.25) is 4.79 Å². The quantitative estimate of drug-likeness (QED) is 0.525. The number of fused-ring (bicyclic) bond motifs is 1. The van der Waals surface area contributed by atoms with Crippen LogP contribution >= 0.6 is 0 Å². The van der Waals surface area contributed by atoms with Crippen molar-refractivity contribution in [1.82, 2.24) is 5.43 Å². The molecule has 0 aromatic heterocycles. The first kappa shape index (κ1) is 17.2. The Balaban J connectivity index is 1.51. The predicted octanol–water partition coefficient (Wildman–Crippen LogP) is 1.77. The maximum Gasteiger partial charge on any atom is 0.259 e. The van der Waals surface area contributed by atoms with Crippen LogP contribution in [0.4, 0.5) is 5.69 Å². The number of aromatic carboxylic acids is 1. The number of hydrazone groups is 1. The second-order valence-corrected chi connectivity index (χ2v) is 5.62. The van der Waals surface area contributed by atoms with Gasteiger partial charge in [0, 0.05) is 5.69 Å². The van der Waals surface area contributed by atoms with E-state index in [1.54, 1.807) is 12.1 Å². The first-order chi connectivity index (χ1) is 12.6. The lowest BCUT2D eigenvalue weighted by atomic mass is 10.1. The summed E-state index contributed by atoms with van der Waals surface area (Å²) < 4.78 is 0. The predicted molar refractivity (Wildman–Crippen MR) is 98.9 cm³/mol. The third-order valence-electron chi connectivity index (χ3n) is 3.75. The fourth-order valence-electron chi connectivity index (χ4n) is 2.41. The first-order valence-electron chi connectivity index (χ1n) is 7.98. The van der Waals surface area contributed by atoms with Crippen molar-refractivity contribution in [1.29, 1.82) is 0 Å². The molecule has 6 nitrogen and oxygen atoms in total. The Morgan fingerprint density at radius 1 is 0.962 bits per heavy atom.